The van der Waals surface area contributed by atoms with E-state index in [1.165, 1.54) is 5.56 Å². The predicted molar refractivity (Wildman–Crippen MR) is 120 cm³/mol. The number of aromatic nitrogens is 2. The van der Waals surface area contributed by atoms with Crippen molar-refractivity contribution in [2.45, 2.75) is 45.9 Å². The fourth-order valence-electron chi connectivity index (χ4n) is 3.96. The topological polar surface area (TPSA) is 53.2 Å². The van der Waals surface area contributed by atoms with Crippen molar-refractivity contribution in [2.24, 2.45) is 0 Å². The summed E-state index contributed by atoms with van der Waals surface area (Å²) in [4.78, 5) is 10.2. The lowest BCUT2D eigenvalue weighted by atomic mass is 9.96. The summed E-state index contributed by atoms with van der Waals surface area (Å²) >= 11 is 5.78. The van der Waals surface area contributed by atoms with Crippen LogP contribution in [0.4, 0.5) is 5.69 Å². The smallest absolute Gasteiger partial charge is 0.174 e. The van der Waals surface area contributed by atoms with Crippen LogP contribution in [0, 0.1) is 13.8 Å². The molecule has 2 N–H and O–H groups in total. The first-order valence-electron chi connectivity index (χ1n) is 9.87. The number of anilines is 1. The number of thiocarbonyl (C=S) groups is 1. The van der Waals surface area contributed by atoms with E-state index in [2.05, 4.69) is 52.2 Å². The van der Waals surface area contributed by atoms with Crippen molar-refractivity contribution < 1.29 is 4.74 Å². The minimum atomic E-state index is -0.0378. The molecule has 1 aromatic carbocycles. The molecule has 1 aliphatic heterocycles. The van der Waals surface area contributed by atoms with Crippen LogP contribution in [0.2, 0.25) is 0 Å². The number of H-pyrrole nitrogens is 1. The lowest BCUT2D eigenvalue weighted by Gasteiger charge is -2.28. The molecule has 0 aliphatic carbocycles. The molecule has 150 valence electrons. The van der Waals surface area contributed by atoms with Gasteiger partial charge in [0.2, 0.25) is 0 Å². The van der Waals surface area contributed by atoms with Gasteiger partial charge in [-0.25, -0.2) is 0 Å². The van der Waals surface area contributed by atoms with Gasteiger partial charge in [0.05, 0.1) is 23.9 Å². The Labute approximate surface area is 177 Å². The van der Waals surface area contributed by atoms with Crippen LogP contribution in [-0.4, -0.2) is 21.2 Å². The molecule has 1 aliphatic rings. The fourth-order valence-corrected chi connectivity index (χ4v) is 4.31. The molecule has 6 heteroatoms. The number of hydrogen-bond donors (Lipinski definition) is 2. The maximum Gasteiger partial charge on any atom is 0.174 e. The van der Waals surface area contributed by atoms with Crippen molar-refractivity contribution >= 4 is 23.0 Å². The number of aryl methyl sites for hydroxylation is 2. The molecule has 0 spiro atoms. The number of hydrogen-bond acceptors (Lipinski definition) is 3. The van der Waals surface area contributed by atoms with Gasteiger partial charge >= 0.3 is 0 Å². The number of nitrogens with zero attached hydrogens (tertiary/aromatic N) is 2. The molecule has 1 saturated heterocycles. The summed E-state index contributed by atoms with van der Waals surface area (Å²) in [6.45, 7) is 8.24. The number of ether oxygens (including phenoxy) is 1. The Morgan fingerprint density at radius 1 is 1.10 bits per heavy atom. The van der Waals surface area contributed by atoms with Crippen LogP contribution < -0.4 is 15.0 Å². The summed E-state index contributed by atoms with van der Waals surface area (Å²) in [5.74, 6) is 0.855. The van der Waals surface area contributed by atoms with Crippen LogP contribution in [-0.2, 0) is 0 Å². The van der Waals surface area contributed by atoms with E-state index in [0.717, 1.165) is 28.5 Å². The third kappa shape index (κ3) is 3.85. The van der Waals surface area contributed by atoms with Gasteiger partial charge in [-0.2, -0.15) is 0 Å². The van der Waals surface area contributed by atoms with Gasteiger partial charge in [0.25, 0.3) is 0 Å². The Balaban J connectivity index is 1.77. The van der Waals surface area contributed by atoms with E-state index in [-0.39, 0.29) is 18.2 Å². The molecule has 3 heterocycles. The van der Waals surface area contributed by atoms with Gasteiger partial charge in [0.15, 0.2) is 5.11 Å². The highest BCUT2D eigenvalue weighted by Gasteiger charge is 2.41. The van der Waals surface area contributed by atoms with E-state index in [9.17, 15) is 0 Å². The Kier molecular flexibility index (Phi) is 5.28. The van der Waals surface area contributed by atoms with E-state index in [4.69, 9.17) is 17.0 Å². The summed E-state index contributed by atoms with van der Waals surface area (Å²) in [7, 11) is 0. The average Bonchev–Trinajstić information content (AvgIpc) is 3.21. The Morgan fingerprint density at radius 2 is 1.86 bits per heavy atom. The number of benzene rings is 1. The SMILES string of the molecule is Cc1cc([C@@H]2[C@H](c3ccccn3)NC(=S)N2c2ccc(OC(C)C)cc2)c(C)[nH]1. The van der Waals surface area contributed by atoms with Gasteiger partial charge in [-0.15, -0.1) is 0 Å². The standard InChI is InChI=1S/C23H26N4OS/c1-14(2)28-18-10-8-17(9-11-18)27-22(19-13-15(3)25-16(19)4)21(26-23(27)29)20-7-5-6-12-24-20/h5-14,21-22,25H,1-4H3,(H,26,29)/t21-,22+/m0/s1. The molecule has 4 rings (SSSR count). The summed E-state index contributed by atoms with van der Waals surface area (Å²) < 4.78 is 5.80. The lowest BCUT2D eigenvalue weighted by Crippen LogP contribution is -2.29. The third-order valence-electron chi connectivity index (χ3n) is 5.09. The molecule has 2 aromatic heterocycles. The molecule has 0 saturated carbocycles. The molecule has 29 heavy (non-hydrogen) atoms. The minimum Gasteiger partial charge on any atom is -0.491 e. The zero-order chi connectivity index (χ0) is 20.5. The summed E-state index contributed by atoms with van der Waals surface area (Å²) in [5, 5.41) is 4.20. The van der Waals surface area contributed by atoms with Gasteiger partial charge in [-0.05, 0) is 87.9 Å². The van der Waals surface area contributed by atoms with Gasteiger partial charge in [0.1, 0.15) is 5.75 Å². The van der Waals surface area contributed by atoms with Crippen LogP contribution in [0.3, 0.4) is 0 Å². The van der Waals surface area contributed by atoms with Crippen LogP contribution >= 0.6 is 12.2 Å². The van der Waals surface area contributed by atoms with Crippen molar-refractivity contribution in [3.63, 3.8) is 0 Å². The van der Waals surface area contributed by atoms with E-state index in [1.54, 1.807) is 0 Å². The van der Waals surface area contributed by atoms with Crippen LogP contribution in [0.25, 0.3) is 0 Å². The zero-order valence-corrected chi connectivity index (χ0v) is 18.0. The fraction of sp³-hybridized carbons (Fsp3) is 0.304. The Hall–Kier alpha value is -2.86. The van der Waals surface area contributed by atoms with Gasteiger partial charge in [-0.3, -0.25) is 4.98 Å². The Bertz CT molecular complexity index is 997. The molecule has 3 aromatic rings. The van der Waals surface area contributed by atoms with E-state index in [1.807, 2.05) is 50.4 Å². The Morgan fingerprint density at radius 3 is 2.45 bits per heavy atom. The molecule has 0 unspecified atom stereocenters. The zero-order valence-electron chi connectivity index (χ0n) is 17.1. The minimum absolute atomic E-state index is 0.000725. The van der Waals surface area contributed by atoms with Crippen LogP contribution in [0.1, 0.15) is 48.6 Å². The largest absolute Gasteiger partial charge is 0.491 e. The predicted octanol–water partition coefficient (Wildman–Crippen LogP) is 4.99. The molecule has 1 fully saturated rings. The normalized spacial score (nSPS) is 18.9. The molecular formula is C23H26N4OS. The van der Waals surface area contributed by atoms with Gasteiger partial charge in [0, 0.05) is 23.3 Å². The first-order valence-corrected chi connectivity index (χ1v) is 10.3. The quantitative estimate of drug-likeness (QED) is 0.585. The van der Waals surface area contributed by atoms with Crippen molar-refractivity contribution in [1.82, 2.24) is 15.3 Å². The number of pyridine rings is 1. The second kappa shape index (κ2) is 7.87. The highest BCUT2D eigenvalue weighted by molar-refractivity contribution is 7.80. The summed E-state index contributed by atoms with van der Waals surface area (Å²) in [6, 6.07) is 16.3. The number of aromatic amines is 1. The molecule has 2 atom stereocenters. The number of rotatable bonds is 5. The second-order valence-electron chi connectivity index (χ2n) is 7.69. The van der Waals surface area contributed by atoms with E-state index >= 15 is 0 Å². The van der Waals surface area contributed by atoms with E-state index in [0.29, 0.717) is 5.11 Å². The lowest BCUT2D eigenvalue weighted by molar-refractivity contribution is 0.242. The van der Waals surface area contributed by atoms with Crippen molar-refractivity contribution in [3.8, 4) is 5.75 Å². The van der Waals surface area contributed by atoms with Gasteiger partial charge in [-0.1, -0.05) is 6.07 Å². The van der Waals surface area contributed by atoms with E-state index < -0.39 is 0 Å². The summed E-state index contributed by atoms with van der Waals surface area (Å²) in [5.41, 5.74) is 5.49. The monoisotopic (exact) mass is 406 g/mol. The second-order valence-corrected chi connectivity index (χ2v) is 8.08. The number of nitrogens with one attached hydrogen (secondary N) is 2. The molecular weight excluding hydrogens is 380 g/mol. The van der Waals surface area contributed by atoms with Crippen molar-refractivity contribution in [2.75, 3.05) is 4.90 Å². The van der Waals surface area contributed by atoms with Crippen molar-refractivity contribution in [3.05, 3.63) is 77.4 Å². The highest BCUT2D eigenvalue weighted by atomic mass is 32.1. The first kappa shape index (κ1) is 19.5. The molecule has 0 amide bonds. The summed E-state index contributed by atoms with van der Waals surface area (Å²) in [6.07, 6.45) is 1.97. The van der Waals surface area contributed by atoms with Crippen LogP contribution in [0.5, 0.6) is 5.75 Å². The third-order valence-corrected chi connectivity index (χ3v) is 5.41. The van der Waals surface area contributed by atoms with Crippen LogP contribution in [0.15, 0.2) is 54.7 Å². The van der Waals surface area contributed by atoms with Gasteiger partial charge < -0.3 is 19.9 Å². The maximum absolute atomic E-state index is 5.80. The highest BCUT2D eigenvalue weighted by Crippen LogP contribution is 2.42. The average molecular weight is 407 g/mol. The molecule has 0 bridgehead atoms. The maximum atomic E-state index is 5.80. The van der Waals surface area contributed by atoms with Crippen molar-refractivity contribution in [1.29, 1.82) is 0 Å². The first-order chi connectivity index (χ1) is 13.9. The molecule has 0 radical (unpaired) electrons. The molecule has 5 nitrogen and oxygen atoms in total.